The lowest BCUT2D eigenvalue weighted by molar-refractivity contribution is -0.121. The summed E-state index contributed by atoms with van der Waals surface area (Å²) < 4.78 is 38.5. The van der Waals surface area contributed by atoms with E-state index in [4.69, 9.17) is 0 Å². The number of pyridine rings is 1. The fourth-order valence-electron chi connectivity index (χ4n) is 2.14. The van der Waals surface area contributed by atoms with Crippen LogP contribution in [0.5, 0.6) is 0 Å². The van der Waals surface area contributed by atoms with Crippen molar-refractivity contribution in [3.05, 3.63) is 65.7 Å². The van der Waals surface area contributed by atoms with E-state index in [1.165, 1.54) is 24.3 Å². The molecule has 1 aromatic carbocycles. The SMILES string of the molecule is CS(=O)(=O)N[C@H](CC(=O)NCc1cccnc1)c1ccc(F)cc1. The van der Waals surface area contributed by atoms with Gasteiger partial charge in [0.25, 0.3) is 0 Å². The molecule has 128 valence electrons. The van der Waals surface area contributed by atoms with Gasteiger partial charge in [-0.15, -0.1) is 0 Å². The minimum atomic E-state index is -3.53. The van der Waals surface area contributed by atoms with Crippen LogP contribution in [-0.2, 0) is 21.4 Å². The van der Waals surface area contributed by atoms with Crippen molar-refractivity contribution in [3.8, 4) is 0 Å². The van der Waals surface area contributed by atoms with E-state index in [1.807, 2.05) is 6.07 Å². The molecule has 1 atom stereocenters. The maximum absolute atomic E-state index is 13.0. The summed E-state index contributed by atoms with van der Waals surface area (Å²) in [6.45, 7) is 0.293. The first kappa shape index (κ1) is 18.0. The molecule has 1 aromatic heterocycles. The van der Waals surface area contributed by atoms with Gasteiger partial charge in [0.1, 0.15) is 5.82 Å². The molecular weight excluding hydrogens is 333 g/mol. The van der Waals surface area contributed by atoms with E-state index in [0.717, 1.165) is 11.8 Å². The Labute approximate surface area is 140 Å². The van der Waals surface area contributed by atoms with Crippen LogP contribution in [-0.4, -0.2) is 25.6 Å². The van der Waals surface area contributed by atoms with Crippen molar-refractivity contribution < 1.29 is 17.6 Å². The average molecular weight is 351 g/mol. The highest BCUT2D eigenvalue weighted by molar-refractivity contribution is 7.88. The third kappa shape index (κ3) is 6.05. The highest BCUT2D eigenvalue weighted by Gasteiger charge is 2.19. The van der Waals surface area contributed by atoms with Crippen LogP contribution in [0.4, 0.5) is 4.39 Å². The third-order valence-electron chi connectivity index (χ3n) is 3.23. The van der Waals surface area contributed by atoms with Crippen molar-refractivity contribution in [2.45, 2.75) is 19.0 Å². The predicted octanol–water partition coefficient (Wildman–Crippen LogP) is 1.52. The van der Waals surface area contributed by atoms with Crippen molar-refractivity contribution >= 4 is 15.9 Å². The number of halogens is 1. The Morgan fingerprint density at radius 1 is 1.25 bits per heavy atom. The molecule has 0 saturated carbocycles. The summed E-state index contributed by atoms with van der Waals surface area (Å²) >= 11 is 0. The maximum atomic E-state index is 13.0. The van der Waals surface area contributed by atoms with Crippen molar-refractivity contribution in [3.63, 3.8) is 0 Å². The summed E-state index contributed by atoms with van der Waals surface area (Å²) in [5.74, 6) is -0.762. The molecule has 1 heterocycles. The number of hydrogen-bond acceptors (Lipinski definition) is 4. The summed E-state index contributed by atoms with van der Waals surface area (Å²) in [6, 6.07) is 8.15. The Balaban J connectivity index is 2.04. The van der Waals surface area contributed by atoms with E-state index in [1.54, 1.807) is 18.5 Å². The maximum Gasteiger partial charge on any atom is 0.222 e. The van der Waals surface area contributed by atoms with Crippen LogP contribution in [0.15, 0.2) is 48.8 Å². The number of nitrogens with zero attached hydrogens (tertiary/aromatic N) is 1. The van der Waals surface area contributed by atoms with Gasteiger partial charge in [0.15, 0.2) is 0 Å². The highest BCUT2D eigenvalue weighted by Crippen LogP contribution is 2.18. The number of hydrogen-bond donors (Lipinski definition) is 2. The molecule has 0 aliphatic heterocycles. The summed E-state index contributed by atoms with van der Waals surface area (Å²) in [5, 5.41) is 2.71. The standard InChI is InChI=1S/C16H18FN3O3S/c1-24(22,23)20-15(13-4-6-14(17)7-5-13)9-16(21)19-11-12-3-2-8-18-10-12/h2-8,10,15,20H,9,11H2,1H3,(H,19,21)/t15-/m1/s1. The Morgan fingerprint density at radius 3 is 2.54 bits per heavy atom. The van der Waals surface area contributed by atoms with Gasteiger partial charge in [-0.1, -0.05) is 18.2 Å². The average Bonchev–Trinajstić information content (AvgIpc) is 2.53. The van der Waals surface area contributed by atoms with Gasteiger partial charge in [-0.2, -0.15) is 0 Å². The lowest BCUT2D eigenvalue weighted by Crippen LogP contribution is -2.33. The summed E-state index contributed by atoms with van der Waals surface area (Å²) in [7, 11) is -3.53. The number of sulfonamides is 1. The predicted molar refractivity (Wildman–Crippen MR) is 87.8 cm³/mol. The van der Waals surface area contributed by atoms with Crippen molar-refractivity contribution in [1.82, 2.24) is 15.0 Å². The zero-order valence-electron chi connectivity index (χ0n) is 13.1. The molecule has 0 spiro atoms. The van der Waals surface area contributed by atoms with Gasteiger partial charge in [0, 0.05) is 25.4 Å². The second-order valence-corrected chi connectivity index (χ2v) is 7.12. The lowest BCUT2D eigenvalue weighted by atomic mass is 10.0. The summed E-state index contributed by atoms with van der Waals surface area (Å²) in [4.78, 5) is 16.1. The molecule has 0 fully saturated rings. The molecule has 0 unspecified atom stereocenters. The molecule has 8 heteroatoms. The fraction of sp³-hybridized carbons (Fsp3) is 0.250. The van der Waals surface area contributed by atoms with Crippen molar-refractivity contribution in [1.29, 1.82) is 0 Å². The van der Waals surface area contributed by atoms with Crippen LogP contribution >= 0.6 is 0 Å². The molecule has 0 aliphatic carbocycles. The van der Waals surface area contributed by atoms with Crippen LogP contribution in [0.25, 0.3) is 0 Å². The van der Waals surface area contributed by atoms with Crippen LogP contribution in [0.2, 0.25) is 0 Å². The second kappa shape index (κ2) is 7.98. The topological polar surface area (TPSA) is 88.2 Å². The fourth-order valence-corrected chi connectivity index (χ4v) is 2.88. The smallest absolute Gasteiger partial charge is 0.222 e. The Morgan fingerprint density at radius 2 is 1.96 bits per heavy atom. The number of nitrogens with one attached hydrogen (secondary N) is 2. The molecule has 6 nitrogen and oxygen atoms in total. The summed E-state index contributed by atoms with van der Waals surface area (Å²) in [5.41, 5.74) is 1.35. The number of amides is 1. The monoisotopic (exact) mass is 351 g/mol. The van der Waals surface area contributed by atoms with Gasteiger partial charge in [0.05, 0.1) is 12.3 Å². The molecule has 0 radical (unpaired) electrons. The summed E-state index contributed by atoms with van der Waals surface area (Å²) in [6.07, 6.45) is 4.18. The van der Waals surface area contributed by atoms with Gasteiger partial charge < -0.3 is 5.32 Å². The minimum absolute atomic E-state index is 0.0982. The molecule has 2 rings (SSSR count). The normalized spacial score (nSPS) is 12.6. The first-order chi connectivity index (χ1) is 11.3. The molecule has 2 aromatic rings. The van der Waals surface area contributed by atoms with Gasteiger partial charge in [-0.05, 0) is 29.3 Å². The first-order valence-electron chi connectivity index (χ1n) is 7.22. The second-order valence-electron chi connectivity index (χ2n) is 5.34. The Bertz CT molecular complexity index is 780. The molecule has 2 N–H and O–H groups in total. The zero-order valence-corrected chi connectivity index (χ0v) is 13.9. The lowest BCUT2D eigenvalue weighted by Gasteiger charge is -2.18. The van der Waals surface area contributed by atoms with E-state index in [2.05, 4.69) is 15.0 Å². The van der Waals surface area contributed by atoms with E-state index in [9.17, 15) is 17.6 Å². The zero-order chi connectivity index (χ0) is 17.6. The minimum Gasteiger partial charge on any atom is -0.352 e. The van der Waals surface area contributed by atoms with Crippen molar-refractivity contribution in [2.75, 3.05) is 6.26 Å². The van der Waals surface area contributed by atoms with Gasteiger partial charge in [-0.25, -0.2) is 17.5 Å². The van der Waals surface area contributed by atoms with Crippen LogP contribution in [0.3, 0.4) is 0 Å². The van der Waals surface area contributed by atoms with Crippen molar-refractivity contribution in [2.24, 2.45) is 0 Å². The number of carbonyl (C=O) groups is 1. The van der Waals surface area contributed by atoms with Crippen LogP contribution in [0.1, 0.15) is 23.6 Å². The van der Waals surface area contributed by atoms with E-state index >= 15 is 0 Å². The largest absolute Gasteiger partial charge is 0.352 e. The number of carbonyl (C=O) groups excluding carboxylic acids is 1. The quantitative estimate of drug-likeness (QED) is 0.792. The number of aromatic nitrogens is 1. The third-order valence-corrected chi connectivity index (χ3v) is 3.94. The molecule has 0 aliphatic rings. The molecule has 0 bridgehead atoms. The van der Waals surface area contributed by atoms with Gasteiger partial charge in [0.2, 0.25) is 15.9 Å². The van der Waals surface area contributed by atoms with E-state index < -0.39 is 21.9 Å². The molecule has 0 saturated heterocycles. The van der Waals surface area contributed by atoms with E-state index in [0.29, 0.717) is 12.1 Å². The molecule has 24 heavy (non-hydrogen) atoms. The number of benzene rings is 1. The first-order valence-corrected chi connectivity index (χ1v) is 9.11. The van der Waals surface area contributed by atoms with Gasteiger partial charge in [-0.3, -0.25) is 9.78 Å². The van der Waals surface area contributed by atoms with Crippen LogP contribution in [0, 0.1) is 5.82 Å². The van der Waals surface area contributed by atoms with Gasteiger partial charge >= 0.3 is 0 Å². The van der Waals surface area contributed by atoms with E-state index in [-0.39, 0.29) is 12.3 Å². The highest BCUT2D eigenvalue weighted by atomic mass is 32.2. The number of rotatable bonds is 7. The Hall–Kier alpha value is -2.32. The van der Waals surface area contributed by atoms with Crippen LogP contribution < -0.4 is 10.0 Å². The Kier molecular flexibility index (Phi) is 5.99. The molecule has 1 amide bonds. The molecular formula is C16H18FN3O3S.